The fourth-order valence-corrected chi connectivity index (χ4v) is 3.94. The zero-order valence-corrected chi connectivity index (χ0v) is 17.6. The van der Waals surface area contributed by atoms with Gasteiger partial charge in [0.05, 0.1) is 11.1 Å². The molecule has 9 heteroatoms. The van der Waals surface area contributed by atoms with Crippen molar-refractivity contribution in [3.63, 3.8) is 0 Å². The summed E-state index contributed by atoms with van der Waals surface area (Å²) in [6.45, 7) is 5.67. The molecule has 1 fully saturated rings. The van der Waals surface area contributed by atoms with Crippen molar-refractivity contribution in [2.75, 3.05) is 49.5 Å². The molecule has 0 radical (unpaired) electrons. The van der Waals surface area contributed by atoms with Crippen LogP contribution < -0.4 is 10.2 Å². The van der Waals surface area contributed by atoms with Gasteiger partial charge in [0.25, 0.3) is 11.8 Å². The number of anilines is 2. The summed E-state index contributed by atoms with van der Waals surface area (Å²) < 4.78 is 0. The summed E-state index contributed by atoms with van der Waals surface area (Å²) in [6.07, 6.45) is 0.770. The molecule has 1 aromatic heterocycles. The average molecular weight is 422 g/mol. The lowest BCUT2D eigenvalue weighted by Gasteiger charge is -2.35. The number of piperazine rings is 1. The van der Waals surface area contributed by atoms with Crippen molar-refractivity contribution in [3.8, 4) is 0 Å². The molecule has 3 amide bonds. The van der Waals surface area contributed by atoms with E-state index in [4.69, 9.17) is 0 Å². The quantitative estimate of drug-likeness (QED) is 0.677. The molecule has 2 aliphatic rings. The van der Waals surface area contributed by atoms with Crippen molar-refractivity contribution < 1.29 is 14.4 Å². The smallest absolute Gasteiger partial charge is 0.261 e. The minimum atomic E-state index is -0.275. The van der Waals surface area contributed by atoms with Gasteiger partial charge in [0.15, 0.2) is 5.82 Å². The predicted molar refractivity (Wildman–Crippen MR) is 116 cm³/mol. The van der Waals surface area contributed by atoms with Crippen LogP contribution in [0.5, 0.6) is 0 Å². The molecule has 1 aromatic carbocycles. The van der Waals surface area contributed by atoms with Gasteiger partial charge in [-0.15, -0.1) is 10.2 Å². The SMILES string of the molecule is CCNc1ccc(N2CCN(C(=O)CCCN3C(=O)c4ccccc4C3=O)CC2)nn1. The van der Waals surface area contributed by atoms with Crippen molar-refractivity contribution in [2.45, 2.75) is 19.8 Å². The second-order valence-corrected chi connectivity index (χ2v) is 7.59. The van der Waals surface area contributed by atoms with Gasteiger partial charge in [0.2, 0.25) is 5.91 Å². The number of hydrogen-bond donors (Lipinski definition) is 1. The Labute approximate surface area is 181 Å². The molecule has 4 rings (SSSR count). The minimum absolute atomic E-state index is 0.0461. The summed E-state index contributed by atoms with van der Waals surface area (Å²) in [5, 5.41) is 11.5. The third-order valence-corrected chi connectivity index (χ3v) is 5.62. The van der Waals surface area contributed by atoms with Gasteiger partial charge in [-0.2, -0.15) is 0 Å². The average Bonchev–Trinajstić information content (AvgIpc) is 3.05. The molecule has 0 atom stereocenters. The number of nitrogens with zero attached hydrogens (tertiary/aromatic N) is 5. The van der Waals surface area contributed by atoms with E-state index in [0.29, 0.717) is 50.1 Å². The van der Waals surface area contributed by atoms with E-state index >= 15 is 0 Å². The standard InChI is InChI=1S/C22H26N6O3/c1-2-23-18-9-10-19(25-24-18)26-12-14-27(15-13-26)20(29)8-5-11-28-21(30)16-6-3-4-7-17(16)22(28)31/h3-4,6-7,9-10H,2,5,8,11-15H2,1H3,(H,23,24). The fraction of sp³-hybridized carbons (Fsp3) is 0.409. The summed E-state index contributed by atoms with van der Waals surface area (Å²) >= 11 is 0. The second kappa shape index (κ2) is 9.11. The Morgan fingerprint density at radius 1 is 0.968 bits per heavy atom. The van der Waals surface area contributed by atoms with Crippen molar-refractivity contribution in [1.82, 2.24) is 20.0 Å². The summed E-state index contributed by atoms with van der Waals surface area (Å²) in [5.41, 5.74) is 0.883. The van der Waals surface area contributed by atoms with Crippen molar-refractivity contribution in [2.24, 2.45) is 0 Å². The molecular formula is C22H26N6O3. The number of carbonyl (C=O) groups is 3. The zero-order valence-electron chi connectivity index (χ0n) is 17.6. The number of aromatic nitrogens is 2. The van der Waals surface area contributed by atoms with Crippen LogP contribution in [0.15, 0.2) is 36.4 Å². The topological polar surface area (TPSA) is 98.7 Å². The maximum Gasteiger partial charge on any atom is 0.261 e. The number of benzene rings is 1. The van der Waals surface area contributed by atoms with E-state index in [1.807, 2.05) is 24.0 Å². The third kappa shape index (κ3) is 4.35. The van der Waals surface area contributed by atoms with Crippen molar-refractivity contribution in [1.29, 1.82) is 0 Å². The molecular weight excluding hydrogens is 396 g/mol. The highest BCUT2D eigenvalue weighted by Crippen LogP contribution is 2.23. The summed E-state index contributed by atoms with van der Waals surface area (Å²) in [5.74, 6) is 1.05. The maximum absolute atomic E-state index is 12.6. The van der Waals surface area contributed by atoms with E-state index in [1.165, 1.54) is 4.90 Å². The van der Waals surface area contributed by atoms with Gasteiger partial charge in [-0.1, -0.05) is 12.1 Å². The Balaban J connectivity index is 1.23. The van der Waals surface area contributed by atoms with Crippen LogP contribution in [0.4, 0.5) is 11.6 Å². The van der Waals surface area contributed by atoms with Crippen LogP contribution in [0.2, 0.25) is 0 Å². The monoisotopic (exact) mass is 422 g/mol. The van der Waals surface area contributed by atoms with E-state index in [-0.39, 0.29) is 24.3 Å². The fourth-order valence-electron chi connectivity index (χ4n) is 3.94. The lowest BCUT2D eigenvalue weighted by atomic mass is 10.1. The van der Waals surface area contributed by atoms with Crippen LogP contribution >= 0.6 is 0 Å². The summed E-state index contributed by atoms with van der Waals surface area (Å²) in [6, 6.07) is 10.7. The van der Waals surface area contributed by atoms with Gasteiger partial charge in [-0.25, -0.2) is 0 Å². The van der Waals surface area contributed by atoms with E-state index < -0.39 is 0 Å². The first kappa shape index (κ1) is 20.8. The highest BCUT2D eigenvalue weighted by atomic mass is 16.2. The van der Waals surface area contributed by atoms with Gasteiger partial charge in [-0.3, -0.25) is 19.3 Å². The van der Waals surface area contributed by atoms with Crippen LogP contribution in [-0.4, -0.2) is 77.0 Å². The minimum Gasteiger partial charge on any atom is -0.369 e. The summed E-state index contributed by atoms with van der Waals surface area (Å²) in [7, 11) is 0. The molecule has 0 bridgehead atoms. The van der Waals surface area contributed by atoms with Gasteiger partial charge >= 0.3 is 0 Å². The van der Waals surface area contributed by atoms with Gasteiger partial charge in [-0.05, 0) is 37.6 Å². The first-order valence-corrected chi connectivity index (χ1v) is 10.6. The van der Waals surface area contributed by atoms with Crippen LogP contribution in [0, 0.1) is 0 Å². The van der Waals surface area contributed by atoms with E-state index in [0.717, 1.165) is 18.2 Å². The molecule has 2 aromatic rings. The largest absolute Gasteiger partial charge is 0.369 e. The highest BCUT2D eigenvalue weighted by Gasteiger charge is 2.34. The van der Waals surface area contributed by atoms with Crippen LogP contribution in [0.25, 0.3) is 0 Å². The molecule has 0 saturated carbocycles. The van der Waals surface area contributed by atoms with Gasteiger partial charge in [0, 0.05) is 45.7 Å². The van der Waals surface area contributed by atoms with Crippen molar-refractivity contribution in [3.05, 3.63) is 47.5 Å². The lowest BCUT2D eigenvalue weighted by molar-refractivity contribution is -0.131. The molecule has 1 N–H and O–H groups in total. The van der Waals surface area contributed by atoms with Crippen LogP contribution in [0.1, 0.15) is 40.5 Å². The molecule has 0 unspecified atom stereocenters. The molecule has 1 saturated heterocycles. The van der Waals surface area contributed by atoms with E-state index in [2.05, 4.69) is 20.4 Å². The highest BCUT2D eigenvalue weighted by molar-refractivity contribution is 6.21. The number of rotatable bonds is 7. The molecule has 162 valence electrons. The molecule has 9 nitrogen and oxygen atoms in total. The number of amides is 3. The Morgan fingerprint density at radius 2 is 1.65 bits per heavy atom. The zero-order chi connectivity index (χ0) is 21.8. The van der Waals surface area contributed by atoms with Crippen LogP contribution in [0.3, 0.4) is 0 Å². The Morgan fingerprint density at radius 3 is 2.23 bits per heavy atom. The Bertz CT molecular complexity index is 934. The third-order valence-electron chi connectivity index (χ3n) is 5.62. The van der Waals surface area contributed by atoms with Crippen molar-refractivity contribution >= 4 is 29.4 Å². The number of imide groups is 1. The van der Waals surface area contributed by atoms with E-state index in [9.17, 15) is 14.4 Å². The maximum atomic E-state index is 12.6. The first-order chi connectivity index (χ1) is 15.1. The number of fused-ring (bicyclic) bond motifs is 1. The normalized spacial score (nSPS) is 16.0. The molecule has 0 aliphatic carbocycles. The molecule has 31 heavy (non-hydrogen) atoms. The number of nitrogens with one attached hydrogen (secondary N) is 1. The molecule has 0 spiro atoms. The van der Waals surface area contributed by atoms with Gasteiger partial charge < -0.3 is 15.1 Å². The first-order valence-electron chi connectivity index (χ1n) is 10.6. The number of hydrogen-bond acceptors (Lipinski definition) is 7. The number of carbonyl (C=O) groups excluding carboxylic acids is 3. The molecule has 3 heterocycles. The lowest BCUT2D eigenvalue weighted by Crippen LogP contribution is -2.49. The van der Waals surface area contributed by atoms with E-state index in [1.54, 1.807) is 24.3 Å². The predicted octanol–water partition coefficient (Wildman–Crippen LogP) is 1.63. The molecule has 2 aliphatic heterocycles. The van der Waals surface area contributed by atoms with Gasteiger partial charge in [0.1, 0.15) is 5.82 Å². The van der Waals surface area contributed by atoms with Crippen LogP contribution in [-0.2, 0) is 4.79 Å². The Hall–Kier alpha value is -3.49. The second-order valence-electron chi connectivity index (χ2n) is 7.59. The summed E-state index contributed by atoms with van der Waals surface area (Å²) in [4.78, 5) is 42.6. The Kier molecular flexibility index (Phi) is 6.11.